The van der Waals surface area contributed by atoms with Crippen molar-refractivity contribution in [2.45, 2.75) is 42.9 Å². The average Bonchev–Trinajstić information content (AvgIpc) is 2.86. The van der Waals surface area contributed by atoms with E-state index in [4.69, 9.17) is 4.74 Å². The first-order valence-corrected chi connectivity index (χ1v) is 8.16. The molecule has 0 saturated carbocycles. The van der Waals surface area contributed by atoms with E-state index in [-0.39, 0.29) is 22.6 Å². The van der Waals surface area contributed by atoms with Gasteiger partial charge in [0.05, 0.1) is 16.6 Å². The van der Waals surface area contributed by atoms with Crippen LogP contribution in [-0.2, 0) is 15.5 Å². The molecule has 4 heteroatoms. The monoisotopic (exact) mass is 281 g/mol. The molecule has 5 atom stereocenters. The molecule has 0 aromatic heterocycles. The molecule has 1 aliphatic rings. The van der Waals surface area contributed by atoms with Crippen molar-refractivity contribution in [3.05, 3.63) is 35.9 Å². The number of rotatable bonds is 5. The Morgan fingerprint density at radius 1 is 1.37 bits per heavy atom. The van der Waals surface area contributed by atoms with Gasteiger partial charge in [0.25, 0.3) is 0 Å². The zero-order valence-corrected chi connectivity index (χ0v) is 12.7. The third-order valence-electron chi connectivity index (χ3n) is 3.91. The lowest BCUT2D eigenvalue weighted by Crippen LogP contribution is -2.37. The molecule has 1 heterocycles. The van der Waals surface area contributed by atoms with Crippen LogP contribution >= 0.6 is 0 Å². The van der Waals surface area contributed by atoms with E-state index in [1.54, 1.807) is 0 Å². The predicted molar refractivity (Wildman–Crippen MR) is 79.7 cm³/mol. The standard InChI is InChI=1S/C15H23NO2S/c1-11-14(9-10-18-11)19(17)12(2)15(16-3)13-7-5-4-6-8-13/h4-8,11-12,14-16H,9-10H2,1-3H3. The van der Waals surface area contributed by atoms with Gasteiger partial charge in [-0.25, -0.2) is 0 Å². The average molecular weight is 281 g/mol. The molecule has 3 nitrogen and oxygen atoms in total. The minimum absolute atomic E-state index is 0.0709. The highest BCUT2D eigenvalue weighted by Crippen LogP contribution is 2.27. The summed E-state index contributed by atoms with van der Waals surface area (Å²) in [7, 11) is 1.04. The van der Waals surface area contributed by atoms with Gasteiger partial charge in [-0.1, -0.05) is 30.3 Å². The highest BCUT2D eigenvalue weighted by atomic mass is 32.2. The molecule has 5 unspecified atom stereocenters. The molecule has 0 spiro atoms. The maximum Gasteiger partial charge on any atom is 0.0691 e. The van der Waals surface area contributed by atoms with Gasteiger partial charge < -0.3 is 10.1 Å². The van der Waals surface area contributed by atoms with E-state index in [1.165, 1.54) is 5.56 Å². The van der Waals surface area contributed by atoms with Crippen LogP contribution in [-0.4, -0.2) is 34.5 Å². The number of ether oxygens (including phenoxy) is 1. The van der Waals surface area contributed by atoms with Crippen LogP contribution in [0.3, 0.4) is 0 Å². The normalized spacial score (nSPS) is 27.9. The molecule has 1 fully saturated rings. The SMILES string of the molecule is CNC(c1ccccc1)C(C)S(=O)C1CCOC1C. The largest absolute Gasteiger partial charge is 0.377 e. The summed E-state index contributed by atoms with van der Waals surface area (Å²) in [4.78, 5) is 0. The molecule has 1 aromatic carbocycles. The first-order chi connectivity index (χ1) is 9.15. The third kappa shape index (κ3) is 3.25. The molecular weight excluding hydrogens is 258 g/mol. The van der Waals surface area contributed by atoms with E-state index < -0.39 is 10.8 Å². The smallest absolute Gasteiger partial charge is 0.0691 e. The number of hydrogen-bond donors (Lipinski definition) is 1. The fourth-order valence-corrected chi connectivity index (χ4v) is 4.66. The molecule has 0 bridgehead atoms. The molecule has 1 aliphatic heterocycles. The predicted octanol–water partition coefficient (Wildman–Crippen LogP) is 2.26. The molecule has 0 aliphatic carbocycles. The van der Waals surface area contributed by atoms with E-state index in [9.17, 15) is 4.21 Å². The first-order valence-electron chi connectivity index (χ1n) is 6.88. The Hall–Kier alpha value is -0.710. The van der Waals surface area contributed by atoms with Crippen molar-refractivity contribution in [2.75, 3.05) is 13.7 Å². The van der Waals surface area contributed by atoms with Crippen LogP contribution in [0.4, 0.5) is 0 Å². The van der Waals surface area contributed by atoms with Gasteiger partial charge in [0.15, 0.2) is 0 Å². The van der Waals surface area contributed by atoms with Crippen molar-refractivity contribution >= 4 is 10.8 Å². The zero-order chi connectivity index (χ0) is 13.8. The second-order valence-corrected chi connectivity index (χ2v) is 7.12. The molecule has 1 saturated heterocycles. The van der Waals surface area contributed by atoms with Crippen LogP contribution in [0.25, 0.3) is 0 Å². The Balaban J connectivity index is 2.12. The van der Waals surface area contributed by atoms with Crippen LogP contribution in [0.1, 0.15) is 31.9 Å². The summed E-state index contributed by atoms with van der Waals surface area (Å²) < 4.78 is 18.3. The van der Waals surface area contributed by atoms with Gasteiger partial charge in [0, 0.05) is 23.4 Å². The molecule has 1 aromatic rings. The highest BCUT2D eigenvalue weighted by molar-refractivity contribution is 7.86. The summed E-state index contributed by atoms with van der Waals surface area (Å²) in [5, 5.41) is 3.54. The van der Waals surface area contributed by atoms with E-state index >= 15 is 0 Å². The van der Waals surface area contributed by atoms with Crippen LogP contribution in [0.15, 0.2) is 30.3 Å². The zero-order valence-electron chi connectivity index (χ0n) is 11.8. The van der Waals surface area contributed by atoms with E-state index in [0.29, 0.717) is 0 Å². The number of hydrogen-bond acceptors (Lipinski definition) is 3. The Morgan fingerprint density at radius 3 is 2.58 bits per heavy atom. The Bertz CT molecular complexity index is 423. The van der Waals surface area contributed by atoms with Crippen LogP contribution in [0.2, 0.25) is 0 Å². The maximum atomic E-state index is 12.7. The lowest BCUT2D eigenvalue weighted by molar-refractivity contribution is 0.126. The lowest BCUT2D eigenvalue weighted by atomic mass is 10.0. The minimum atomic E-state index is -0.888. The summed E-state index contributed by atoms with van der Waals surface area (Å²) in [6.45, 7) is 4.83. The van der Waals surface area contributed by atoms with Crippen LogP contribution in [0, 0.1) is 0 Å². The Kier molecular flexibility index (Phi) is 5.13. The van der Waals surface area contributed by atoms with Gasteiger partial charge in [-0.05, 0) is 32.9 Å². The van der Waals surface area contributed by atoms with E-state index in [0.717, 1.165) is 13.0 Å². The number of nitrogens with one attached hydrogen (secondary N) is 1. The van der Waals surface area contributed by atoms with Gasteiger partial charge in [-0.2, -0.15) is 0 Å². The Morgan fingerprint density at radius 2 is 2.05 bits per heavy atom. The molecular formula is C15H23NO2S. The van der Waals surface area contributed by atoms with Crippen molar-refractivity contribution in [3.63, 3.8) is 0 Å². The summed E-state index contributed by atoms with van der Waals surface area (Å²) in [5.74, 6) is 0. The van der Waals surface area contributed by atoms with E-state index in [2.05, 4.69) is 24.4 Å². The Labute approximate surface area is 118 Å². The van der Waals surface area contributed by atoms with Crippen molar-refractivity contribution in [2.24, 2.45) is 0 Å². The third-order valence-corrected chi connectivity index (χ3v) is 6.13. The van der Waals surface area contributed by atoms with Gasteiger partial charge in [-0.15, -0.1) is 0 Å². The van der Waals surface area contributed by atoms with Crippen molar-refractivity contribution < 1.29 is 8.95 Å². The van der Waals surface area contributed by atoms with Gasteiger partial charge in [0.2, 0.25) is 0 Å². The molecule has 1 N–H and O–H groups in total. The van der Waals surface area contributed by atoms with Crippen molar-refractivity contribution in [1.82, 2.24) is 5.32 Å². The molecule has 0 amide bonds. The molecule has 106 valence electrons. The fourth-order valence-electron chi connectivity index (χ4n) is 2.76. The van der Waals surface area contributed by atoms with Crippen molar-refractivity contribution in [1.29, 1.82) is 0 Å². The summed E-state index contributed by atoms with van der Waals surface area (Å²) >= 11 is 0. The summed E-state index contributed by atoms with van der Waals surface area (Å²) in [6, 6.07) is 10.3. The van der Waals surface area contributed by atoms with Crippen LogP contribution in [0.5, 0.6) is 0 Å². The summed E-state index contributed by atoms with van der Waals surface area (Å²) in [6.07, 6.45) is 1.01. The molecule has 0 radical (unpaired) electrons. The lowest BCUT2D eigenvalue weighted by Gasteiger charge is -2.27. The van der Waals surface area contributed by atoms with Gasteiger partial charge >= 0.3 is 0 Å². The van der Waals surface area contributed by atoms with Crippen LogP contribution < -0.4 is 5.32 Å². The highest BCUT2D eigenvalue weighted by Gasteiger charge is 2.35. The molecule has 19 heavy (non-hydrogen) atoms. The second kappa shape index (κ2) is 6.64. The number of benzene rings is 1. The van der Waals surface area contributed by atoms with Gasteiger partial charge in [0.1, 0.15) is 0 Å². The quantitative estimate of drug-likeness (QED) is 0.900. The minimum Gasteiger partial charge on any atom is -0.377 e. The molecule has 2 rings (SSSR count). The van der Waals surface area contributed by atoms with Crippen molar-refractivity contribution in [3.8, 4) is 0 Å². The van der Waals surface area contributed by atoms with Gasteiger partial charge in [-0.3, -0.25) is 4.21 Å². The topological polar surface area (TPSA) is 38.3 Å². The summed E-state index contributed by atoms with van der Waals surface area (Å²) in [5.41, 5.74) is 1.19. The van der Waals surface area contributed by atoms with E-state index in [1.807, 2.05) is 32.2 Å². The maximum absolute atomic E-state index is 12.7. The fraction of sp³-hybridized carbons (Fsp3) is 0.600. The first kappa shape index (κ1) is 14.7. The second-order valence-electron chi connectivity index (χ2n) is 5.11.